The second kappa shape index (κ2) is 7.45. The third kappa shape index (κ3) is 7.13. The SMILES string of the molecule is CS(=O)CCCNS(=O)(=O)CC1CCCNC1. The summed E-state index contributed by atoms with van der Waals surface area (Å²) >= 11 is 0. The fourth-order valence-corrected chi connectivity index (χ4v) is 3.97. The predicted molar refractivity (Wildman–Crippen MR) is 70.9 cm³/mol. The highest BCUT2D eigenvalue weighted by Gasteiger charge is 2.20. The number of piperidine rings is 1. The molecule has 1 saturated heterocycles. The molecule has 2 unspecified atom stereocenters. The lowest BCUT2D eigenvalue weighted by molar-refractivity contribution is 0.403. The molecule has 0 radical (unpaired) electrons. The Labute approximate surface area is 106 Å². The average molecular weight is 282 g/mol. The van der Waals surface area contributed by atoms with Gasteiger partial charge in [0.15, 0.2) is 0 Å². The Morgan fingerprint density at radius 1 is 1.47 bits per heavy atom. The fraction of sp³-hybridized carbons (Fsp3) is 1.00. The molecule has 0 aromatic heterocycles. The van der Waals surface area contributed by atoms with Crippen LogP contribution in [0, 0.1) is 5.92 Å². The van der Waals surface area contributed by atoms with E-state index in [1.165, 1.54) is 0 Å². The molecule has 2 N–H and O–H groups in total. The minimum atomic E-state index is -3.17. The lowest BCUT2D eigenvalue weighted by atomic mass is 10.0. The Morgan fingerprint density at radius 2 is 2.24 bits per heavy atom. The van der Waals surface area contributed by atoms with Crippen LogP contribution in [0.25, 0.3) is 0 Å². The Morgan fingerprint density at radius 3 is 2.82 bits per heavy atom. The Balaban J connectivity index is 2.22. The third-order valence-electron chi connectivity index (χ3n) is 2.78. The van der Waals surface area contributed by atoms with Crippen LogP contribution in [-0.2, 0) is 20.8 Å². The van der Waals surface area contributed by atoms with Crippen LogP contribution in [-0.4, -0.2) is 50.0 Å². The van der Waals surface area contributed by atoms with Crippen molar-refractivity contribution in [2.45, 2.75) is 19.3 Å². The van der Waals surface area contributed by atoms with Crippen LogP contribution < -0.4 is 10.0 Å². The van der Waals surface area contributed by atoms with E-state index in [1.807, 2.05) is 0 Å². The standard InChI is InChI=1S/C10H22N2O3S2/c1-16(13)7-3-6-12-17(14,15)9-10-4-2-5-11-8-10/h10-12H,2-9H2,1H3. The van der Waals surface area contributed by atoms with Crippen LogP contribution >= 0.6 is 0 Å². The number of rotatable bonds is 7. The van der Waals surface area contributed by atoms with Crippen molar-refractivity contribution in [2.24, 2.45) is 5.92 Å². The molecule has 1 aliphatic heterocycles. The molecule has 0 aromatic rings. The van der Waals surface area contributed by atoms with Crippen molar-refractivity contribution in [3.8, 4) is 0 Å². The van der Waals surface area contributed by atoms with Gasteiger partial charge in [-0.15, -0.1) is 0 Å². The van der Waals surface area contributed by atoms with Crippen molar-refractivity contribution < 1.29 is 12.6 Å². The molecule has 0 saturated carbocycles. The van der Waals surface area contributed by atoms with Crippen molar-refractivity contribution in [3.63, 3.8) is 0 Å². The summed E-state index contributed by atoms with van der Waals surface area (Å²) in [6.07, 6.45) is 4.29. The van der Waals surface area contributed by atoms with E-state index in [-0.39, 0.29) is 11.7 Å². The molecule has 1 rings (SSSR count). The molecule has 1 fully saturated rings. The van der Waals surface area contributed by atoms with Crippen LogP contribution in [0.15, 0.2) is 0 Å². The highest BCUT2D eigenvalue weighted by Crippen LogP contribution is 2.11. The molecule has 1 heterocycles. The van der Waals surface area contributed by atoms with Crippen LogP contribution in [0.5, 0.6) is 0 Å². The molecular weight excluding hydrogens is 260 g/mol. The summed E-state index contributed by atoms with van der Waals surface area (Å²) in [5, 5.41) is 3.21. The van der Waals surface area contributed by atoms with Gasteiger partial charge in [0, 0.05) is 29.4 Å². The summed E-state index contributed by atoms with van der Waals surface area (Å²) in [5.41, 5.74) is 0. The van der Waals surface area contributed by atoms with E-state index in [9.17, 15) is 12.6 Å². The van der Waals surface area contributed by atoms with Gasteiger partial charge in [0.05, 0.1) is 5.75 Å². The van der Waals surface area contributed by atoms with Gasteiger partial charge in [-0.05, 0) is 38.3 Å². The maximum Gasteiger partial charge on any atom is 0.211 e. The quantitative estimate of drug-likeness (QED) is 0.627. The number of hydrogen-bond donors (Lipinski definition) is 2. The van der Waals surface area contributed by atoms with E-state index < -0.39 is 20.8 Å². The van der Waals surface area contributed by atoms with Crippen LogP contribution in [0.3, 0.4) is 0 Å². The topological polar surface area (TPSA) is 75.3 Å². The minimum Gasteiger partial charge on any atom is -0.316 e. The first-order valence-electron chi connectivity index (χ1n) is 5.98. The molecule has 17 heavy (non-hydrogen) atoms. The Hall–Kier alpha value is 0.0200. The zero-order valence-corrected chi connectivity index (χ0v) is 11.9. The lowest BCUT2D eigenvalue weighted by Crippen LogP contribution is -2.38. The summed E-state index contributed by atoms with van der Waals surface area (Å²) in [5.74, 6) is 0.976. The number of sulfonamides is 1. The van der Waals surface area contributed by atoms with E-state index in [2.05, 4.69) is 10.0 Å². The van der Waals surface area contributed by atoms with E-state index in [0.29, 0.717) is 18.7 Å². The molecule has 5 nitrogen and oxygen atoms in total. The molecule has 0 bridgehead atoms. The van der Waals surface area contributed by atoms with Crippen molar-refractivity contribution in [1.82, 2.24) is 10.0 Å². The van der Waals surface area contributed by atoms with Gasteiger partial charge in [-0.25, -0.2) is 13.1 Å². The maximum atomic E-state index is 11.7. The van der Waals surface area contributed by atoms with Gasteiger partial charge in [0.25, 0.3) is 0 Å². The molecule has 0 amide bonds. The molecule has 0 aromatic carbocycles. The first-order chi connectivity index (χ1) is 7.99. The summed E-state index contributed by atoms with van der Waals surface area (Å²) in [7, 11) is -4.01. The van der Waals surface area contributed by atoms with Crippen LogP contribution in [0.4, 0.5) is 0 Å². The molecule has 1 aliphatic rings. The van der Waals surface area contributed by atoms with Gasteiger partial charge in [0.2, 0.25) is 10.0 Å². The Kier molecular flexibility index (Phi) is 6.61. The first kappa shape index (κ1) is 15.1. The highest BCUT2D eigenvalue weighted by atomic mass is 32.2. The van der Waals surface area contributed by atoms with Crippen molar-refractivity contribution >= 4 is 20.8 Å². The van der Waals surface area contributed by atoms with Gasteiger partial charge in [-0.1, -0.05) is 0 Å². The molecular formula is C10H22N2O3S2. The van der Waals surface area contributed by atoms with Gasteiger partial charge in [0.1, 0.15) is 0 Å². The third-order valence-corrected chi connectivity index (χ3v) is 5.20. The first-order valence-corrected chi connectivity index (χ1v) is 9.35. The normalized spacial score (nSPS) is 23.5. The van der Waals surface area contributed by atoms with Crippen molar-refractivity contribution in [3.05, 3.63) is 0 Å². The van der Waals surface area contributed by atoms with E-state index in [0.717, 1.165) is 25.9 Å². The molecule has 102 valence electrons. The smallest absolute Gasteiger partial charge is 0.211 e. The summed E-state index contributed by atoms with van der Waals surface area (Å²) < 4.78 is 36.8. The zero-order valence-electron chi connectivity index (χ0n) is 10.3. The second-order valence-corrected chi connectivity index (χ2v) is 7.93. The van der Waals surface area contributed by atoms with E-state index >= 15 is 0 Å². The fourth-order valence-electron chi connectivity index (χ4n) is 1.94. The van der Waals surface area contributed by atoms with E-state index in [4.69, 9.17) is 0 Å². The largest absolute Gasteiger partial charge is 0.316 e. The van der Waals surface area contributed by atoms with Crippen LogP contribution in [0.2, 0.25) is 0 Å². The summed E-state index contributed by atoms with van der Waals surface area (Å²) in [6.45, 7) is 2.17. The van der Waals surface area contributed by atoms with Crippen molar-refractivity contribution in [2.75, 3.05) is 37.4 Å². The van der Waals surface area contributed by atoms with Crippen molar-refractivity contribution in [1.29, 1.82) is 0 Å². The molecule has 0 spiro atoms. The molecule has 7 heteroatoms. The lowest BCUT2D eigenvalue weighted by Gasteiger charge is -2.22. The van der Waals surface area contributed by atoms with Gasteiger partial charge in [-0.2, -0.15) is 0 Å². The van der Waals surface area contributed by atoms with Crippen LogP contribution in [0.1, 0.15) is 19.3 Å². The molecule has 0 aliphatic carbocycles. The predicted octanol–water partition coefficient (Wildman–Crippen LogP) is -0.326. The van der Waals surface area contributed by atoms with Gasteiger partial charge >= 0.3 is 0 Å². The highest BCUT2D eigenvalue weighted by molar-refractivity contribution is 7.89. The number of nitrogens with one attached hydrogen (secondary N) is 2. The Bertz CT molecular complexity index is 337. The second-order valence-electron chi connectivity index (χ2n) is 4.52. The average Bonchev–Trinajstić information content (AvgIpc) is 2.25. The number of hydrogen-bond acceptors (Lipinski definition) is 4. The maximum absolute atomic E-state index is 11.7. The van der Waals surface area contributed by atoms with Gasteiger partial charge in [-0.3, -0.25) is 4.21 Å². The zero-order chi connectivity index (χ0) is 12.7. The van der Waals surface area contributed by atoms with Gasteiger partial charge < -0.3 is 5.32 Å². The summed E-state index contributed by atoms with van der Waals surface area (Å²) in [4.78, 5) is 0. The monoisotopic (exact) mass is 282 g/mol. The summed E-state index contributed by atoms with van der Waals surface area (Å²) in [6, 6.07) is 0. The van der Waals surface area contributed by atoms with E-state index in [1.54, 1.807) is 6.26 Å². The molecule has 2 atom stereocenters. The minimum absolute atomic E-state index is 0.204.